The van der Waals surface area contributed by atoms with Gasteiger partial charge >= 0.3 is 0 Å². The van der Waals surface area contributed by atoms with Gasteiger partial charge < -0.3 is 4.90 Å². The summed E-state index contributed by atoms with van der Waals surface area (Å²) in [5, 5.41) is 13.0. The molecule has 0 bridgehead atoms. The summed E-state index contributed by atoms with van der Waals surface area (Å²) in [6.45, 7) is 2.92. The molecule has 1 aliphatic heterocycles. The van der Waals surface area contributed by atoms with Crippen LogP contribution in [-0.2, 0) is 9.84 Å². The second-order valence-electron chi connectivity index (χ2n) is 6.61. The third kappa shape index (κ3) is 4.67. The topological polar surface area (TPSA) is 73.2 Å². The van der Waals surface area contributed by atoms with Gasteiger partial charge in [0.2, 0.25) is 0 Å². The van der Waals surface area contributed by atoms with E-state index in [0.29, 0.717) is 17.5 Å². The molecule has 2 fully saturated rings. The van der Waals surface area contributed by atoms with E-state index < -0.39 is 15.4 Å². The van der Waals surface area contributed by atoms with E-state index in [1.54, 1.807) is 0 Å². The summed E-state index contributed by atoms with van der Waals surface area (Å²) in [7, 11) is -0.817. The van der Waals surface area contributed by atoms with Crippen LogP contribution in [0.4, 0.5) is 0 Å². The molecule has 1 N–H and O–H groups in total. The highest BCUT2D eigenvalue weighted by molar-refractivity contribution is 7.91. The molecule has 1 saturated carbocycles. The van der Waals surface area contributed by atoms with Crippen LogP contribution in [0.1, 0.15) is 45.4 Å². The third-order valence-electron chi connectivity index (χ3n) is 4.82. The first-order valence-corrected chi connectivity index (χ1v) is 9.81. The molecule has 2 atom stereocenters. The molecule has 21 heavy (non-hydrogen) atoms. The Morgan fingerprint density at radius 3 is 2.57 bits per heavy atom. The highest BCUT2D eigenvalue weighted by Crippen LogP contribution is 2.27. The summed E-state index contributed by atoms with van der Waals surface area (Å²) in [6.07, 6.45) is 5.69. The summed E-state index contributed by atoms with van der Waals surface area (Å²) in [6, 6.07) is 3.15. The van der Waals surface area contributed by atoms with Crippen molar-refractivity contribution in [3.63, 3.8) is 0 Å². The van der Waals surface area contributed by atoms with Gasteiger partial charge in [-0.05, 0) is 52.1 Å². The second kappa shape index (κ2) is 6.64. The maximum atomic E-state index is 11.5. The van der Waals surface area contributed by atoms with Gasteiger partial charge in [-0.3, -0.25) is 5.32 Å². The van der Waals surface area contributed by atoms with Crippen LogP contribution >= 0.6 is 0 Å². The van der Waals surface area contributed by atoms with Gasteiger partial charge in [0.1, 0.15) is 5.54 Å². The molecule has 2 aliphatic rings. The van der Waals surface area contributed by atoms with Crippen LogP contribution in [0.3, 0.4) is 0 Å². The standard InChI is InChI=1S/C15H27N3O2S/c1-3-15(12-16,17-13-5-6-13)8-4-9-18(2)14-7-10-21(19,20)11-14/h13-14,17H,3-11H2,1-2H3. The molecule has 0 aromatic heterocycles. The lowest BCUT2D eigenvalue weighted by molar-refractivity contribution is 0.242. The number of nitrogens with one attached hydrogen (secondary N) is 1. The van der Waals surface area contributed by atoms with Crippen LogP contribution < -0.4 is 5.32 Å². The molecule has 2 rings (SSSR count). The Kier molecular flexibility index (Phi) is 5.29. The van der Waals surface area contributed by atoms with Crippen LogP contribution in [-0.4, -0.2) is 56.0 Å². The molecule has 2 unspecified atom stereocenters. The molecule has 1 saturated heterocycles. The van der Waals surface area contributed by atoms with Crippen molar-refractivity contribution in [2.45, 2.75) is 63.1 Å². The SMILES string of the molecule is CCC(C#N)(CCCN(C)C1CCS(=O)(=O)C1)NC1CC1. The van der Waals surface area contributed by atoms with E-state index in [1.807, 2.05) is 7.05 Å². The largest absolute Gasteiger partial charge is 0.302 e. The van der Waals surface area contributed by atoms with E-state index in [0.717, 1.165) is 32.2 Å². The van der Waals surface area contributed by atoms with Gasteiger partial charge in [0, 0.05) is 12.1 Å². The summed E-state index contributed by atoms with van der Waals surface area (Å²) in [4.78, 5) is 2.15. The van der Waals surface area contributed by atoms with Crippen molar-refractivity contribution >= 4 is 9.84 Å². The average Bonchev–Trinajstić information content (AvgIpc) is 3.18. The van der Waals surface area contributed by atoms with Crippen LogP contribution in [0, 0.1) is 11.3 Å². The zero-order chi connectivity index (χ0) is 15.5. The molecule has 120 valence electrons. The number of hydrogen-bond acceptors (Lipinski definition) is 5. The van der Waals surface area contributed by atoms with Gasteiger partial charge in [0.05, 0.1) is 17.6 Å². The molecule has 5 nitrogen and oxygen atoms in total. The minimum Gasteiger partial charge on any atom is -0.302 e. The Balaban J connectivity index is 1.78. The first kappa shape index (κ1) is 16.7. The number of hydrogen-bond donors (Lipinski definition) is 1. The minimum atomic E-state index is -2.82. The molecule has 1 aliphatic carbocycles. The van der Waals surface area contributed by atoms with Crippen LogP contribution in [0.2, 0.25) is 0 Å². The molecular formula is C15H27N3O2S. The van der Waals surface area contributed by atoms with Crippen molar-refractivity contribution in [3.05, 3.63) is 0 Å². The summed E-state index contributed by atoms with van der Waals surface area (Å²) < 4.78 is 23.0. The van der Waals surface area contributed by atoms with Gasteiger partial charge in [0.15, 0.2) is 9.84 Å². The van der Waals surface area contributed by atoms with Gasteiger partial charge in [-0.2, -0.15) is 5.26 Å². The second-order valence-corrected chi connectivity index (χ2v) is 8.84. The van der Waals surface area contributed by atoms with E-state index >= 15 is 0 Å². The fourth-order valence-corrected chi connectivity index (χ4v) is 4.88. The van der Waals surface area contributed by atoms with Crippen LogP contribution in [0.15, 0.2) is 0 Å². The zero-order valence-electron chi connectivity index (χ0n) is 13.1. The van der Waals surface area contributed by atoms with Gasteiger partial charge in [0.25, 0.3) is 0 Å². The predicted molar refractivity (Wildman–Crippen MR) is 83.7 cm³/mol. The van der Waals surface area contributed by atoms with Crippen molar-refractivity contribution in [2.75, 3.05) is 25.1 Å². The minimum absolute atomic E-state index is 0.157. The lowest BCUT2D eigenvalue weighted by Gasteiger charge is -2.29. The number of sulfone groups is 1. The van der Waals surface area contributed by atoms with Crippen molar-refractivity contribution in [3.8, 4) is 6.07 Å². The molecular weight excluding hydrogens is 286 g/mol. The Hall–Kier alpha value is -0.640. The highest BCUT2D eigenvalue weighted by atomic mass is 32.2. The number of nitrogens with zero attached hydrogens (tertiary/aromatic N) is 2. The Morgan fingerprint density at radius 1 is 1.38 bits per heavy atom. The fourth-order valence-electron chi connectivity index (χ4n) is 3.07. The summed E-state index contributed by atoms with van der Waals surface area (Å²) in [5.41, 5.74) is -0.399. The van der Waals surface area contributed by atoms with E-state index in [1.165, 1.54) is 12.8 Å². The Bertz CT molecular complexity index is 496. The van der Waals surface area contributed by atoms with Gasteiger partial charge in [-0.25, -0.2) is 8.42 Å². The molecule has 0 spiro atoms. The van der Waals surface area contributed by atoms with Crippen molar-refractivity contribution < 1.29 is 8.42 Å². The maximum absolute atomic E-state index is 11.5. The normalized spacial score (nSPS) is 27.4. The molecule has 1 heterocycles. The van der Waals surface area contributed by atoms with Gasteiger partial charge in [-0.1, -0.05) is 6.92 Å². The van der Waals surface area contributed by atoms with E-state index in [2.05, 4.69) is 23.2 Å². The highest BCUT2D eigenvalue weighted by Gasteiger charge is 2.35. The Morgan fingerprint density at radius 2 is 2.10 bits per heavy atom. The molecule has 0 aromatic rings. The lowest BCUT2D eigenvalue weighted by Crippen LogP contribution is -2.45. The monoisotopic (exact) mass is 313 g/mol. The third-order valence-corrected chi connectivity index (χ3v) is 6.57. The molecule has 0 aromatic carbocycles. The fraction of sp³-hybridized carbons (Fsp3) is 0.933. The van der Waals surface area contributed by atoms with Crippen LogP contribution in [0.5, 0.6) is 0 Å². The average molecular weight is 313 g/mol. The van der Waals surface area contributed by atoms with E-state index in [9.17, 15) is 13.7 Å². The summed E-state index contributed by atoms with van der Waals surface area (Å²) >= 11 is 0. The first-order chi connectivity index (χ1) is 9.90. The van der Waals surface area contributed by atoms with Crippen molar-refractivity contribution in [1.82, 2.24) is 10.2 Å². The maximum Gasteiger partial charge on any atom is 0.151 e. The quantitative estimate of drug-likeness (QED) is 0.731. The van der Waals surface area contributed by atoms with E-state index in [4.69, 9.17) is 0 Å². The smallest absolute Gasteiger partial charge is 0.151 e. The van der Waals surface area contributed by atoms with Crippen molar-refractivity contribution in [1.29, 1.82) is 5.26 Å². The van der Waals surface area contributed by atoms with Crippen molar-refractivity contribution in [2.24, 2.45) is 0 Å². The lowest BCUT2D eigenvalue weighted by atomic mass is 9.91. The van der Waals surface area contributed by atoms with Crippen LogP contribution in [0.25, 0.3) is 0 Å². The molecule has 0 amide bonds. The molecule has 6 heteroatoms. The predicted octanol–water partition coefficient (Wildman–Crippen LogP) is 1.31. The first-order valence-electron chi connectivity index (χ1n) is 7.99. The van der Waals surface area contributed by atoms with E-state index in [-0.39, 0.29) is 6.04 Å². The van der Waals surface area contributed by atoms with Gasteiger partial charge in [-0.15, -0.1) is 0 Å². The number of nitriles is 1. The Labute approximate surface area is 128 Å². The zero-order valence-corrected chi connectivity index (χ0v) is 14.0. The molecule has 0 radical (unpaired) electrons. The summed E-state index contributed by atoms with van der Waals surface area (Å²) in [5.74, 6) is 0.614. The number of rotatable bonds is 8.